The second-order valence-electron chi connectivity index (χ2n) is 6.66. The van der Waals surface area contributed by atoms with E-state index in [0.717, 1.165) is 16.7 Å². The third kappa shape index (κ3) is 6.43. The summed E-state index contributed by atoms with van der Waals surface area (Å²) in [5.41, 5.74) is 5.21. The number of carboxylic acid groups (broad SMARTS) is 1. The van der Waals surface area contributed by atoms with Crippen molar-refractivity contribution in [3.63, 3.8) is 0 Å². The number of carbonyl (C=O) groups excluding carboxylic acids is 1. The summed E-state index contributed by atoms with van der Waals surface area (Å²) in [6.07, 6.45) is 1.78. The van der Waals surface area contributed by atoms with Crippen molar-refractivity contribution in [3.8, 4) is 11.5 Å². The molecule has 3 rings (SSSR count). The van der Waals surface area contributed by atoms with Crippen LogP contribution in [0.1, 0.15) is 27.0 Å². The van der Waals surface area contributed by atoms with Crippen LogP contribution in [0.5, 0.6) is 11.5 Å². The molecule has 31 heavy (non-hydrogen) atoms. The number of benzene rings is 3. The van der Waals surface area contributed by atoms with Crippen molar-refractivity contribution < 1.29 is 24.2 Å². The average Bonchev–Trinajstić information content (AvgIpc) is 2.79. The molecule has 0 aliphatic carbocycles. The standard InChI is InChI=1S/C24H22N2O5/c1-30-22-13-19(15-25-26-23(27)14-17-5-3-2-4-6-17)9-12-21(22)31-16-18-7-10-20(11-8-18)24(28)29/h2-13,15H,14,16H2,1H3,(H,26,27)(H,28,29)/b25-15-. The Morgan fingerprint density at radius 2 is 1.71 bits per heavy atom. The number of hydrogen-bond acceptors (Lipinski definition) is 5. The van der Waals surface area contributed by atoms with Gasteiger partial charge in [-0.3, -0.25) is 4.79 Å². The molecule has 0 spiro atoms. The molecule has 0 fully saturated rings. The minimum absolute atomic E-state index is 0.205. The lowest BCUT2D eigenvalue weighted by atomic mass is 10.1. The Hall–Kier alpha value is -4.13. The van der Waals surface area contributed by atoms with Crippen molar-refractivity contribution in [1.29, 1.82) is 0 Å². The van der Waals surface area contributed by atoms with Crippen molar-refractivity contribution in [1.82, 2.24) is 5.43 Å². The fourth-order valence-electron chi connectivity index (χ4n) is 2.79. The van der Waals surface area contributed by atoms with E-state index in [4.69, 9.17) is 14.6 Å². The highest BCUT2D eigenvalue weighted by Gasteiger charge is 2.07. The van der Waals surface area contributed by atoms with Crippen molar-refractivity contribution in [3.05, 3.63) is 95.1 Å². The lowest BCUT2D eigenvalue weighted by molar-refractivity contribution is -0.120. The maximum atomic E-state index is 12.0. The number of nitrogens with one attached hydrogen (secondary N) is 1. The smallest absolute Gasteiger partial charge is 0.335 e. The molecule has 1 amide bonds. The minimum Gasteiger partial charge on any atom is -0.493 e. The quantitative estimate of drug-likeness (QED) is 0.408. The van der Waals surface area contributed by atoms with Crippen molar-refractivity contribution >= 4 is 18.1 Å². The Kier molecular flexibility index (Phi) is 7.37. The summed E-state index contributed by atoms with van der Waals surface area (Å²) in [7, 11) is 1.53. The molecule has 2 N–H and O–H groups in total. The zero-order chi connectivity index (χ0) is 22.1. The summed E-state index contributed by atoms with van der Waals surface area (Å²) in [6.45, 7) is 0.263. The van der Waals surface area contributed by atoms with Crippen LogP contribution in [0.4, 0.5) is 0 Å². The van der Waals surface area contributed by atoms with Crippen molar-refractivity contribution in [2.24, 2.45) is 5.10 Å². The van der Waals surface area contributed by atoms with Crippen LogP contribution < -0.4 is 14.9 Å². The Balaban J connectivity index is 1.56. The highest BCUT2D eigenvalue weighted by Crippen LogP contribution is 2.28. The number of nitrogens with zero attached hydrogens (tertiary/aromatic N) is 1. The van der Waals surface area contributed by atoms with Gasteiger partial charge in [0.15, 0.2) is 11.5 Å². The molecule has 158 valence electrons. The molecule has 0 saturated carbocycles. The molecule has 0 aliphatic rings. The van der Waals surface area contributed by atoms with Crippen LogP contribution in [-0.4, -0.2) is 30.3 Å². The third-order valence-corrected chi connectivity index (χ3v) is 4.39. The number of carbonyl (C=O) groups is 2. The molecule has 7 nitrogen and oxygen atoms in total. The molecular formula is C24H22N2O5. The first-order valence-electron chi connectivity index (χ1n) is 9.54. The second-order valence-corrected chi connectivity index (χ2v) is 6.66. The first-order chi connectivity index (χ1) is 15.0. The summed E-state index contributed by atoms with van der Waals surface area (Å²) >= 11 is 0. The first-order valence-corrected chi connectivity index (χ1v) is 9.54. The highest BCUT2D eigenvalue weighted by molar-refractivity contribution is 5.87. The molecule has 0 unspecified atom stereocenters. The number of rotatable bonds is 9. The van der Waals surface area contributed by atoms with E-state index in [9.17, 15) is 9.59 Å². The number of hydrazone groups is 1. The molecule has 0 bridgehead atoms. The van der Waals surface area contributed by atoms with E-state index in [1.165, 1.54) is 25.5 Å². The topological polar surface area (TPSA) is 97.2 Å². The van der Waals surface area contributed by atoms with Crippen molar-refractivity contribution in [2.75, 3.05) is 7.11 Å². The predicted octanol–water partition coefficient (Wildman–Crippen LogP) is 3.67. The van der Waals surface area contributed by atoms with Gasteiger partial charge in [0.2, 0.25) is 5.91 Å². The van der Waals surface area contributed by atoms with Gasteiger partial charge < -0.3 is 14.6 Å². The van der Waals surface area contributed by atoms with Gasteiger partial charge in [0.25, 0.3) is 0 Å². The van der Waals surface area contributed by atoms with Gasteiger partial charge in [-0.1, -0.05) is 42.5 Å². The zero-order valence-electron chi connectivity index (χ0n) is 16.9. The van der Waals surface area contributed by atoms with Gasteiger partial charge in [-0.25, -0.2) is 10.2 Å². The van der Waals surface area contributed by atoms with E-state index in [0.29, 0.717) is 11.5 Å². The van der Waals surface area contributed by atoms with E-state index in [-0.39, 0.29) is 24.5 Å². The molecule has 3 aromatic rings. The van der Waals surface area contributed by atoms with E-state index in [1.807, 2.05) is 30.3 Å². The van der Waals surface area contributed by atoms with Gasteiger partial charge in [-0.05, 0) is 47.0 Å². The lowest BCUT2D eigenvalue weighted by Crippen LogP contribution is -2.19. The Morgan fingerprint density at radius 3 is 2.39 bits per heavy atom. The van der Waals surface area contributed by atoms with Gasteiger partial charge in [-0.15, -0.1) is 0 Å². The van der Waals surface area contributed by atoms with Crippen LogP contribution in [0.2, 0.25) is 0 Å². The van der Waals surface area contributed by atoms with E-state index >= 15 is 0 Å². The van der Waals surface area contributed by atoms with E-state index in [2.05, 4.69) is 10.5 Å². The van der Waals surface area contributed by atoms with Crippen LogP contribution in [-0.2, 0) is 17.8 Å². The monoisotopic (exact) mass is 418 g/mol. The SMILES string of the molecule is COc1cc(/C=N\NC(=O)Cc2ccccc2)ccc1OCc1ccc(C(=O)O)cc1. The maximum absolute atomic E-state index is 12.0. The Labute approximate surface area is 179 Å². The van der Waals surface area contributed by atoms with Gasteiger partial charge in [-0.2, -0.15) is 5.10 Å². The van der Waals surface area contributed by atoms with Gasteiger partial charge in [0.1, 0.15) is 6.61 Å². The van der Waals surface area contributed by atoms with Crippen LogP contribution in [0.3, 0.4) is 0 Å². The largest absolute Gasteiger partial charge is 0.493 e. The number of amides is 1. The molecule has 3 aromatic carbocycles. The fraction of sp³-hybridized carbons (Fsp3) is 0.125. The minimum atomic E-state index is -0.970. The van der Waals surface area contributed by atoms with Gasteiger partial charge in [0.05, 0.1) is 25.3 Å². The summed E-state index contributed by atoms with van der Waals surface area (Å²) in [4.78, 5) is 22.9. The van der Waals surface area contributed by atoms with Crippen LogP contribution in [0.25, 0.3) is 0 Å². The van der Waals surface area contributed by atoms with E-state index in [1.54, 1.807) is 30.3 Å². The number of aromatic carboxylic acids is 1. The van der Waals surface area contributed by atoms with Crippen LogP contribution >= 0.6 is 0 Å². The zero-order valence-corrected chi connectivity index (χ0v) is 16.9. The molecule has 0 radical (unpaired) electrons. The number of carboxylic acids is 1. The normalized spacial score (nSPS) is 10.6. The van der Waals surface area contributed by atoms with E-state index < -0.39 is 5.97 Å². The van der Waals surface area contributed by atoms with Crippen LogP contribution in [0.15, 0.2) is 77.9 Å². The van der Waals surface area contributed by atoms with Gasteiger partial charge >= 0.3 is 5.97 Å². The molecule has 7 heteroatoms. The van der Waals surface area contributed by atoms with Gasteiger partial charge in [0, 0.05) is 0 Å². The molecule has 0 aliphatic heterocycles. The number of methoxy groups -OCH3 is 1. The Morgan fingerprint density at radius 1 is 0.968 bits per heavy atom. The number of ether oxygens (including phenoxy) is 2. The fourth-order valence-corrected chi connectivity index (χ4v) is 2.79. The predicted molar refractivity (Wildman–Crippen MR) is 117 cm³/mol. The average molecular weight is 418 g/mol. The summed E-state index contributed by atoms with van der Waals surface area (Å²) in [6, 6.07) is 21.2. The second kappa shape index (κ2) is 10.6. The summed E-state index contributed by atoms with van der Waals surface area (Å²) in [5.74, 6) is -0.122. The molecule has 0 aromatic heterocycles. The molecule has 0 saturated heterocycles. The third-order valence-electron chi connectivity index (χ3n) is 4.39. The molecule has 0 atom stereocenters. The maximum Gasteiger partial charge on any atom is 0.335 e. The van der Waals surface area contributed by atoms with Crippen molar-refractivity contribution in [2.45, 2.75) is 13.0 Å². The Bertz CT molecular complexity index is 1060. The van der Waals surface area contributed by atoms with Crippen LogP contribution in [0, 0.1) is 0 Å². The summed E-state index contributed by atoms with van der Waals surface area (Å²) < 4.78 is 11.2. The molecular weight excluding hydrogens is 396 g/mol. The molecule has 0 heterocycles. The first kappa shape index (κ1) is 21.6. The lowest BCUT2D eigenvalue weighted by Gasteiger charge is -2.11. The number of hydrogen-bond donors (Lipinski definition) is 2. The highest BCUT2D eigenvalue weighted by atomic mass is 16.5. The summed E-state index contributed by atoms with van der Waals surface area (Å²) in [5, 5.41) is 12.9.